The van der Waals surface area contributed by atoms with E-state index >= 15 is 0 Å². The van der Waals surface area contributed by atoms with Crippen LogP contribution in [-0.2, 0) is 15.7 Å². The summed E-state index contributed by atoms with van der Waals surface area (Å²) in [5.74, 6) is -2.22. The number of hydrogen-bond acceptors (Lipinski definition) is 7. The van der Waals surface area contributed by atoms with Crippen molar-refractivity contribution < 1.29 is 37.2 Å². The molecular formula is C14H10F3N3O6. The van der Waals surface area contributed by atoms with Gasteiger partial charge in [-0.1, -0.05) is 0 Å². The number of nitro benzene ring substituents is 1. The molecule has 26 heavy (non-hydrogen) atoms. The molecule has 0 amide bonds. The van der Waals surface area contributed by atoms with Gasteiger partial charge in [0, 0.05) is 13.0 Å². The van der Waals surface area contributed by atoms with E-state index in [4.69, 9.17) is 0 Å². The Hall–Kier alpha value is -3.44. The van der Waals surface area contributed by atoms with Crippen molar-refractivity contribution in [2.75, 3.05) is 7.11 Å². The second kappa shape index (κ2) is 6.82. The number of benzene rings is 1. The molecule has 0 radical (unpaired) electrons. The third kappa shape index (κ3) is 3.79. The fourth-order valence-electron chi connectivity index (χ4n) is 2.08. The molecule has 1 aromatic heterocycles. The quantitative estimate of drug-likeness (QED) is 0.460. The van der Waals surface area contributed by atoms with Crippen LogP contribution in [0.25, 0.3) is 5.69 Å². The lowest BCUT2D eigenvalue weighted by Crippen LogP contribution is -2.14. The van der Waals surface area contributed by atoms with E-state index in [0.717, 1.165) is 31.1 Å². The summed E-state index contributed by atoms with van der Waals surface area (Å²) in [5, 5.41) is 11.0. The van der Waals surface area contributed by atoms with Crippen LogP contribution in [0.1, 0.15) is 22.8 Å². The second-order valence-electron chi connectivity index (χ2n) is 4.85. The molecule has 0 unspecified atom stereocenters. The van der Waals surface area contributed by atoms with Crippen molar-refractivity contribution in [2.45, 2.75) is 13.1 Å². The van der Waals surface area contributed by atoms with Crippen LogP contribution in [0, 0.1) is 10.1 Å². The highest BCUT2D eigenvalue weighted by Crippen LogP contribution is 2.38. The predicted octanol–water partition coefficient (Wildman–Crippen LogP) is 2.51. The molecule has 1 heterocycles. The summed E-state index contributed by atoms with van der Waals surface area (Å²) in [6, 6.07) is 0.888. The summed E-state index contributed by atoms with van der Waals surface area (Å²) >= 11 is 0. The fourth-order valence-corrected chi connectivity index (χ4v) is 2.08. The molecule has 0 aliphatic rings. The Bertz CT molecular complexity index is 891. The first kappa shape index (κ1) is 18.9. The number of methoxy groups -OCH3 is 1. The van der Waals surface area contributed by atoms with Crippen molar-refractivity contribution in [3.63, 3.8) is 0 Å². The van der Waals surface area contributed by atoms with Gasteiger partial charge in [0.15, 0.2) is 0 Å². The van der Waals surface area contributed by atoms with Crippen LogP contribution in [0.5, 0.6) is 5.88 Å². The van der Waals surface area contributed by atoms with Gasteiger partial charge in [0.25, 0.3) is 5.69 Å². The summed E-state index contributed by atoms with van der Waals surface area (Å²) in [4.78, 5) is 36.2. The third-order valence-electron chi connectivity index (χ3n) is 3.11. The highest BCUT2D eigenvalue weighted by Gasteiger charge is 2.38. The molecule has 12 heteroatoms. The Kier molecular flexibility index (Phi) is 4.95. The summed E-state index contributed by atoms with van der Waals surface area (Å²) in [6.45, 7) is 1.07. The molecule has 0 N–H and O–H groups in total. The van der Waals surface area contributed by atoms with Gasteiger partial charge < -0.3 is 14.0 Å². The van der Waals surface area contributed by atoms with E-state index < -0.39 is 45.5 Å². The molecule has 0 bridgehead atoms. The van der Waals surface area contributed by atoms with Crippen molar-refractivity contribution in [3.05, 3.63) is 45.9 Å². The Labute approximate surface area is 143 Å². The molecule has 1 aromatic carbocycles. The lowest BCUT2D eigenvalue weighted by Gasteiger charge is -2.14. The summed E-state index contributed by atoms with van der Waals surface area (Å²) < 4.78 is 49.9. The topological polar surface area (TPSA) is 114 Å². The summed E-state index contributed by atoms with van der Waals surface area (Å²) in [7, 11) is 0.930. The molecule has 9 nitrogen and oxygen atoms in total. The van der Waals surface area contributed by atoms with E-state index in [9.17, 15) is 32.9 Å². The van der Waals surface area contributed by atoms with Crippen LogP contribution in [0.3, 0.4) is 0 Å². The van der Waals surface area contributed by atoms with Crippen molar-refractivity contribution in [1.82, 2.24) is 9.55 Å². The van der Waals surface area contributed by atoms with Crippen LogP contribution in [0.2, 0.25) is 0 Å². The number of rotatable bonds is 4. The van der Waals surface area contributed by atoms with Crippen molar-refractivity contribution >= 4 is 17.6 Å². The lowest BCUT2D eigenvalue weighted by molar-refractivity contribution is -0.385. The van der Waals surface area contributed by atoms with Crippen LogP contribution < -0.4 is 4.74 Å². The smallest absolute Gasteiger partial charge is 0.418 e. The monoisotopic (exact) mass is 373 g/mol. The van der Waals surface area contributed by atoms with E-state index in [0.29, 0.717) is 6.07 Å². The number of halogens is 3. The molecule has 0 saturated carbocycles. The minimum atomic E-state index is -4.97. The predicted molar refractivity (Wildman–Crippen MR) is 77.9 cm³/mol. The molecule has 2 rings (SSSR count). The maximum atomic E-state index is 13.4. The first-order chi connectivity index (χ1) is 12.0. The summed E-state index contributed by atoms with van der Waals surface area (Å²) in [6.07, 6.45) is -3.12. The van der Waals surface area contributed by atoms with Gasteiger partial charge in [-0.05, 0) is 6.07 Å². The molecule has 138 valence electrons. The largest absolute Gasteiger partial charge is 0.465 e. The first-order valence-corrected chi connectivity index (χ1v) is 6.75. The van der Waals surface area contributed by atoms with E-state index in [1.165, 1.54) is 0 Å². The van der Waals surface area contributed by atoms with E-state index in [2.05, 4.69) is 14.5 Å². The lowest BCUT2D eigenvalue weighted by atomic mass is 10.1. The normalized spacial score (nSPS) is 11.1. The number of nitrogens with zero attached hydrogens (tertiary/aromatic N) is 3. The number of carbonyl (C=O) groups is 2. The molecule has 0 aliphatic heterocycles. The third-order valence-corrected chi connectivity index (χ3v) is 3.11. The molecule has 0 fully saturated rings. The first-order valence-electron chi connectivity index (χ1n) is 6.75. The molecular weight excluding hydrogens is 363 g/mol. The fraction of sp³-hybridized carbons (Fsp3) is 0.214. The zero-order valence-corrected chi connectivity index (χ0v) is 13.2. The van der Waals surface area contributed by atoms with Gasteiger partial charge in [0.1, 0.15) is 11.9 Å². The number of carbonyl (C=O) groups excluding carboxylic acids is 2. The van der Waals surface area contributed by atoms with Crippen LogP contribution in [0.4, 0.5) is 18.9 Å². The second-order valence-corrected chi connectivity index (χ2v) is 4.85. The zero-order chi connectivity index (χ0) is 19.6. The van der Waals surface area contributed by atoms with Gasteiger partial charge in [-0.3, -0.25) is 14.9 Å². The average molecular weight is 373 g/mol. The van der Waals surface area contributed by atoms with Gasteiger partial charge in [0.2, 0.25) is 5.88 Å². The van der Waals surface area contributed by atoms with Crippen molar-refractivity contribution in [2.24, 2.45) is 0 Å². The van der Waals surface area contributed by atoms with E-state index in [1.807, 2.05) is 0 Å². The van der Waals surface area contributed by atoms with Gasteiger partial charge in [-0.25, -0.2) is 9.78 Å². The number of ether oxygens (including phenoxy) is 2. The summed E-state index contributed by atoms with van der Waals surface area (Å²) in [5.41, 5.74) is -3.76. The van der Waals surface area contributed by atoms with Crippen LogP contribution >= 0.6 is 0 Å². The number of imidazole rings is 1. The number of alkyl halides is 3. The Morgan fingerprint density at radius 3 is 2.46 bits per heavy atom. The van der Waals surface area contributed by atoms with Gasteiger partial charge >= 0.3 is 18.1 Å². The van der Waals surface area contributed by atoms with E-state index in [1.54, 1.807) is 0 Å². The van der Waals surface area contributed by atoms with E-state index in [-0.39, 0.29) is 11.9 Å². The molecule has 0 saturated heterocycles. The molecule has 2 aromatic rings. The highest BCUT2D eigenvalue weighted by atomic mass is 19.4. The van der Waals surface area contributed by atoms with Gasteiger partial charge in [-0.15, -0.1) is 0 Å². The maximum Gasteiger partial charge on any atom is 0.418 e. The van der Waals surface area contributed by atoms with Crippen LogP contribution in [-0.4, -0.2) is 33.5 Å². The van der Waals surface area contributed by atoms with Gasteiger partial charge in [-0.2, -0.15) is 13.2 Å². The molecule has 0 spiro atoms. The Balaban J connectivity index is 2.73. The van der Waals surface area contributed by atoms with Crippen LogP contribution in [0.15, 0.2) is 24.7 Å². The number of hydrogen-bond donors (Lipinski definition) is 0. The molecule has 0 atom stereocenters. The number of esters is 2. The zero-order valence-electron chi connectivity index (χ0n) is 13.2. The number of nitro groups is 1. The standard InChI is InChI=1S/C14H10F3N3O6/c1-7(21)26-12-5-19(6-18-12)11-3-8(13(22)25-2)10(20(23)24)4-9(11)14(15,16)17/h3-6H,1-2H3. The SMILES string of the molecule is COC(=O)c1cc(-n2cnc(OC(C)=O)c2)c(C(F)(F)F)cc1[N+](=O)[O-]. The Morgan fingerprint density at radius 2 is 1.96 bits per heavy atom. The van der Waals surface area contributed by atoms with Crippen molar-refractivity contribution in [3.8, 4) is 11.6 Å². The van der Waals surface area contributed by atoms with Crippen molar-refractivity contribution in [1.29, 1.82) is 0 Å². The Morgan fingerprint density at radius 1 is 1.31 bits per heavy atom. The average Bonchev–Trinajstić information content (AvgIpc) is 2.99. The minimum Gasteiger partial charge on any atom is -0.465 e. The minimum absolute atomic E-state index is 0.229. The molecule has 0 aliphatic carbocycles. The highest BCUT2D eigenvalue weighted by molar-refractivity contribution is 5.95. The number of aromatic nitrogens is 2. The maximum absolute atomic E-state index is 13.4. The van der Waals surface area contributed by atoms with Gasteiger partial charge in [0.05, 0.1) is 29.5 Å².